The molecule has 0 fully saturated rings. The monoisotopic (exact) mass is 312 g/mol. The molecule has 0 aliphatic heterocycles. The first-order valence-electron chi connectivity index (χ1n) is 6.35. The van der Waals surface area contributed by atoms with E-state index in [-0.39, 0.29) is 0 Å². The van der Waals surface area contributed by atoms with Crippen LogP contribution < -0.4 is 9.47 Å². The van der Waals surface area contributed by atoms with Gasteiger partial charge in [-0.3, -0.25) is 0 Å². The molecule has 0 aliphatic rings. The number of halogens is 3. The van der Waals surface area contributed by atoms with Gasteiger partial charge in [0.2, 0.25) is 0 Å². The molecule has 0 amide bonds. The number of hydrogen-bond donors (Lipinski definition) is 0. The molecular weight excluding hydrogens is 298 g/mol. The molecule has 1 atom stereocenters. The number of methoxy groups -OCH3 is 2. The standard InChI is InChI=1S/C16H15ClF2O2/c1-20-14-4-3-5-15(21-2)16(14)11(17)8-10-6-7-12(18)13(19)9-10/h3-7,9,11H,8H2,1-2H3. The van der Waals surface area contributed by atoms with E-state index >= 15 is 0 Å². The van der Waals surface area contributed by atoms with Crippen LogP contribution in [0.25, 0.3) is 0 Å². The molecule has 2 aromatic carbocycles. The maximum absolute atomic E-state index is 13.3. The lowest BCUT2D eigenvalue weighted by molar-refractivity contribution is 0.384. The molecule has 0 heterocycles. The largest absolute Gasteiger partial charge is 0.496 e. The van der Waals surface area contributed by atoms with Crippen molar-refractivity contribution in [3.8, 4) is 11.5 Å². The van der Waals surface area contributed by atoms with Crippen LogP contribution in [0.3, 0.4) is 0 Å². The van der Waals surface area contributed by atoms with E-state index in [0.29, 0.717) is 29.0 Å². The Bertz CT molecular complexity index is 609. The highest BCUT2D eigenvalue weighted by molar-refractivity contribution is 6.21. The minimum atomic E-state index is -0.886. The number of hydrogen-bond acceptors (Lipinski definition) is 2. The van der Waals surface area contributed by atoms with Gasteiger partial charge in [-0.1, -0.05) is 12.1 Å². The Morgan fingerprint density at radius 2 is 1.62 bits per heavy atom. The topological polar surface area (TPSA) is 18.5 Å². The quantitative estimate of drug-likeness (QED) is 0.757. The normalized spacial score (nSPS) is 12.0. The summed E-state index contributed by atoms with van der Waals surface area (Å²) < 4.78 is 36.8. The van der Waals surface area contributed by atoms with Crippen molar-refractivity contribution in [1.82, 2.24) is 0 Å². The van der Waals surface area contributed by atoms with Crippen LogP contribution in [-0.4, -0.2) is 14.2 Å². The van der Waals surface area contributed by atoms with Crippen LogP contribution in [0, 0.1) is 11.6 Å². The fourth-order valence-electron chi connectivity index (χ4n) is 2.16. The van der Waals surface area contributed by atoms with Crippen molar-refractivity contribution >= 4 is 11.6 Å². The molecule has 2 rings (SSSR count). The lowest BCUT2D eigenvalue weighted by Gasteiger charge is -2.17. The van der Waals surface area contributed by atoms with E-state index in [1.165, 1.54) is 6.07 Å². The third-order valence-corrected chi connectivity index (χ3v) is 3.55. The summed E-state index contributed by atoms with van der Waals surface area (Å²) in [6.45, 7) is 0. The summed E-state index contributed by atoms with van der Waals surface area (Å²) in [5.41, 5.74) is 1.29. The molecule has 0 N–H and O–H groups in total. The Labute approximate surface area is 127 Å². The smallest absolute Gasteiger partial charge is 0.159 e. The van der Waals surface area contributed by atoms with Gasteiger partial charge >= 0.3 is 0 Å². The number of rotatable bonds is 5. The van der Waals surface area contributed by atoms with Crippen LogP contribution in [-0.2, 0) is 6.42 Å². The highest BCUT2D eigenvalue weighted by atomic mass is 35.5. The predicted molar refractivity (Wildman–Crippen MR) is 78.2 cm³/mol. The lowest BCUT2D eigenvalue weighted by Crippen LogP contribution is -2.03. The SMILES string of the molecule is COc1cccc(OC)c1C(Cl)Cc1ccc(F)c(F)c1. The van der Waals surface area contributed by atoms with Crippen molar-refractivity contribution in [2.45, 2.75) is 11.8 Å². The van der Waals surface area contributed by atoms with Crippen LogP contribution >= 0.6 is 11.6 Å². The zero-order chi connectivity index (χ0) is 15.4. The van der Waals surface area contributed by atoms with Gasteiger partial charge in [-0.2, -0.15) is 0 Å². The third kappa shape index (κ3) is 3.45. The summed E-state index contributed by atoms with van der Waals surface area (Å²) in [6, 6.07) is 9.09. The van der Waals surface area contributed by atoms with Gasteiger partial charge in [0, 0.05) is 0 Å². The predicted octanol–water partition coefficient (Wildman–Crippen LogP) is 4.50. The molecule has 5 heteroatoms. The van der Waals surface area contributed by atoms with Crippen LogP contribution in [0.15, 0.2) is 36.4 Å². The van der Waals surface area contributed by atoms with E-state index in [9.17, 15) is 8.78 Å². The van der Waals surface area contributed by atoms with Gasteiger partial charge in [0.25, 0.3) is 0 Å². The molecule has 0 saturated carbocycles. The van der Waals surface area contributed by atoms with Gasteiger partial charge in [0.05, 0.1) is 25.2 Å². The molecule has 2 nitrogen and oxygen atoms in total. The average Bonchev–Trinajstić information content (AvgIpc) is 2.49. The molecule has 112 valence electrons. The lowest BCUT2D eigenvalue weighted by atomic mass is 10.0. The van der Waals surface area contributed by atoms with Crippen molar-refractivity contribution in [1.29, 1.82) is 0 Å². The number of ether oxygens (including phenoxy) is 2. The molecule has 0 aliphatic carbocycles. The van der Waals surface area contributed by atoms with E-state index < -0.39 is 17.0 Å². The van der Waals surface area contributed by atoms with E-state index in [1.54, 1.807) is 32.4 Å². The Balaban J connectivity index is 2.31. The van der Waals surface area contributed by atoms with Gasteiger partial charge in [-0.25, -0.2) is 8.78 Å². The summed E-state index contributed by atoms with van der Waals surface area (Å²) in [6.07, 6.45) is 0.329. The second-order valence-electron chi connectivity index (χ2n) is 4.50. The summed E-state index contributed by atoms with van der Waals surface area (Å²) in [5, 5.41) is -0.485. The van der Waals surface area contributed by atoms with Crippen LogP contribution in [0.2, 0.25) is 0 Å². The first-order valence-corrected chi connectivity index (χ1v) is 6.79. The Morgan fingerprint density at radius 1 is 1.00 bits per heavy atom. The van der Waals surface area contributed by atoms with E-state index in [4.69, 9.17) is 21.1 Å². The minimum Gasteiger partial charge on any atom is -0.496 e. The average molecular weight is 313 g/mol. The zero-order valence-electron chi connectivity index (χ0n) is 11.7. The molecule has 2 aromatic rings. The molecule has 21 heavy (non-hydrogen) atoms. The van der Waals surface area contributed by atoms with Crippen LogP contribution in [0.1, 0.15) is 16.5 Å². The Kier molecular flexibility index (Phi) is 5.02. The summed E-state index contributed by atoms with van der Waals surface area (Å²) >= 11 is 6.42. The first-order chi connectivity index (χ1) is 10.1. The van der Waals surface area contributed by atoms with Crippen molar-refractivity contribution in [3.05, 3.63) is 59.2 Å². The van der Waals surface area contributed by atoms with E-state index in [0.717, 1.165) is 12.1 Å². The highest BCUT2D eigenvalue weighted by Crippen LogP contribution is 2.39. The highest BCUT2D eigenvalue weighted by Gasteiger charge is 2.19. The molecule has 1 unspecified atom stereocenters. The summed E-state index contributed by atoms with van der Waals surface area (Å²) in [4.78, 5) is 0. The van der Waals surface area contributed by atoms with Crippen molar-refractivity contribution in [3.63, 3.8) is 0 Å². The fourth-order valence-corrected chi connectivity index (χ4v) is 2.56. The first kappa shape index (κ1) is 15.6. The molecule has 0 saturated heterocycles. The third-order valence-electron chi connectivity index (χ3n) is 3.18. The van der Waals surface area contributed by atoms with Crippen LogP contribution in [0.5, 0.6) is 11.5 Å². The fraction of sp³-hybridized carbons (Fsp3) is 0.250. The van der Waals surface area contributed by atoms with E-state index in [2.05, 4.69) is 0 Å². The summed E-state index contributed by atoms with van der Waals surface area (Å²) in [5.74, 6) is -0.572. The molecule has 0 aromatic heterocycles. The number of benzene rings is 2. The van der Waals surface area contributed by atoms with Gasteiger partial charge < -0.3 is 9.47 Å². The Morgan fingerprint density at radius 3 is 2.14 bits per heavy atom. The van der Waals surface area contributed by atoms with Crippen molar-refractivity contribution in [2.75, 3.05) is 14.2 Å². The van der Waals surface area contributed by atoms with Gasteiger partial charge in [0.1, 0.15) is 11.5 Å². The molecule has 0 spiro atoms. The number of alkyl halides is 1. The maximum Gasteiger partial charge on any atom is 0.159 e. The van der Waals surface area contributed by atoms with Crippen LogP contribution in [0.4, 0.5) is 8.78 Å². The van der Waals surface area contributed by atoms with Gasteiger partial charge in [0.15, 0.2) is 11.6 Å². The minimum absolute atomic E-state index is 0.329. The molecular formula is C16H15ClF2O2. The maximum atomic E-state index is 13.3. The second-order valence-corrected chi connectivity index (χ2v) is 5.02. The Hall–Kier alpha value is -1.81. The van der Waals surface area contributed by atoms with Gasteiger partial charge in [-0.15, -0.1) is 11.6 Å². The van der Waals surface area contributed by atoms with Crippen molar-refractivity contribution in [2.24, 2.45) is 0 Å². The van der Waals surface area contributed by atoms with Crippen molar-refractivity contribution < 1.29 is 18.3 Å². The van der Waals surface area contributed by atoms with E-state index in [1.807, 2.05) is 0 Å². The second kappa shape index (κ2) is 6.76. The molecule has 0 bridgehead atoms. The van der Waals surface area contributed by atoms with Gasteiger partial charge in [-0.05, 0) is 36.2 Å². The molecule has 0 radical (unpaired) electrons. The zero-order valence-corrected chi connectivity index (χ0v) is 12.5. The summed E-state index contributed by atoms with van der Waals surface area (Å²) in [7, 11) is 3.08.